The van der Waals surface area contributed by atoms with Crippen molar-refractivity contribution in [2.24, 2.45) is 5.16 Å². The summed E-state index contributed by atoms with van der Waals surface area (Å²) in [7, 11) is 0. The van der Waals surface area contributed by atoms with Crippen molar-refractivity contribution in [3.8, 4) is 0 Å². The standard InChI is InChI=1S/C8H9N3O/c12-11-7-1-2-8-6(3-7)4-9-5-10-8/h4-5,12H,1-3H2/b11-7+. The van der Waals surface area contributed by atoms with Gasteiger partial charge in [0, 0.05) is 18.3 Å². The lowest BCUT2D eigenvalue weighted by Gasteiger charge is -2.13. The molecule has 0 fully saturated rings. The molecular formula is C8H9N3O. The first-order chi connectivity index (χ1) is 5.90. The maximum Gasteiger partial charge on any atom is 0.115 e. The van der Waals surface area contributed by atoms with Crippen LogP contribution in [-0.4, -0.2) is 20.9 Å². The molecule has 0 spiro atoms. The van der Waals surface area contributed by atoms with Crippen molar-refractivity contribution in [1.29, 1.82) is 0 Å². The SMILES string of the molecule is O/N=C1\CCc2ncncc2C1. The minimum atomic E-state index is 0.687. The van der Waals surface area contributed by atoms with Gasteiger partial charge in [0.25, 0.3) is 0 Å². The lowest BCUT2D eigenvalue weighted by molar-refractivity contribution is 0.316. The number of fused-ring (bicyclic) bond motifs is 1. The average Bonchev–Trinajstić information content (AvgIpc) is 2.17. The van der Waals surface area contributed by atoms with E-state index in [0.29, 0.717) is 6.42 Å². The predicted molar refractivity (Wildman–Crippen MR) is 43.3 cm³/mol. The highest BCUT2D eigenvalue weighted by molar-refractivity contribution is 5.87. The molecule has 1 aliphatic carbocycles. The van der Waals surface area contributed by atoms with Gasteiger partial charge in [0.1, 0.15) is 6.33 Å². The largest absolute Gasteiger partial charge is 0.411 e. The molecule has 0 saturated heterocycles. The molecule has 4 heteroatoms. The van der Waals surface area contributed by atoms with Crippen LogP contribution >= 0.6 is 0 Å². The highest BCUT2D eigenvalue weighted by Gasteiger charge is 2.14. The fourth-order valence-corrected chi connectivity index (χ4v) is 1.41. The van der Waals surface area contributed by atoms with E-state index < -0.39 is 0 Å². The van der Waals surface area contributed by atoms with Crippen LogP contribution in [0.2, 0.25) is 0 Å². The second-order valence-electron chi connectivity index (χ2n) is 2.84. The Kier molecular flexibility index (Phi) is 1.74. The van der Waals surface area contributed by atoms with Crippen molar-refractivity contribution in [1.82, 2.24) is 9.97 Å². The summed E-state index contributed by atoms with van der Waals surface area (Å²) in [6.45, 7) is 0. The number of hydrogen-bond donors (Lipinski definition) is 1. The van der Waals surface area contributed by atoms with Gasteiger partial charge in [-0.25, -0.2) is 9.97 Å². The average molecular weight is 163 g/mol. The van der Waals surface area contributed by atoms with E-state index in [9.17, 15) is 0 Å². The van der Waals surface area contributed by atoms with Gasteiger partial charge in [-0.2, -0.15) is 0 Å². The zero-order chi connectivity index (χ0) is 8.39. The maximum atomic E-state index is 8.56. The van der Waals surface area contributed by atoms with Crippen molar-refractivity contribution in [3.63, 3.8) is 0 Å². The molecular weight excluding hydrogens is 154 g/mol. The summed E-state index contributed by atoms with van der Waals surface area (Å²) in [6.07, 6.45) is 5.69. The van der Waals surface area contributed by atoms with Gasteiger partial charge in [-0.3, -0.25) is 0 Å². The van der Waals surface area contributed by atoms with E-state index in [1.807, 2.05) is 0 Å². The van der Waals surface area contributed by atoms with E-state index >= 15 is 0 Å². The van der Waals surface area contributed by atoms with Crippen LogP contribution in [0.15, 0.2) is 17.7 Å². The van der Waals surface area contributed by atoms with Gasteiger partial charge in [-0.05, 0) is 18.4 Å². The molecule has 0 aromatic carbocycles. The Bertz CT molecular complexity index is 322. The molecule has 4 nitrogen and oxygen atoms in total. The van der Waals surface area contributed by atoms with Gasteiger partial charge in [0.2, 0.25) is 0 Å². The smallest absolute Gasteiger partial charge is 0.115 e. The van der Waals surface area contributed by atoms with Crippen LogP contribution in [0.25, 0.3) is 0 Å². The van der Waals surface area contributed by atoms with E-state index in [0.717, 1.165) is 29.8 Å². The van der Waals surface area contributed by atoms with Crippen LogP contribution in [0, 0.1) is 0 Å². The molecule has 0 atom stereocenters. The van der Waals surface area contributed by atoms with Gasteiger partial charge in [-0.1, -0.05) is 5.16 Å². The Labute approximate surface area is 70.0 Å². The summed E-state index contributed by atoms with van der Waals surface area (Å²) < 4.78 is 0. The molecule has 0 aliphatic heterocycles. The van der Waals surface area contributed by atoms with Gasteiger partial charge in [0.05, 0.1) is 5.71 Å². The quantitative estimate of drug-likeness (QED) is 0.454. The fourth-order valence-electron chi connectivity index (χ4n) is 1.41. The number of nitrogens with zero attached hydrogens (tertiary/aromatic N) is 3. The second-order valence-corrected chi connectivity index (χ2v) is 2.84. The Morgan fingerprint density at radius 1 is 1.42 bits per heavy atom. The lowest BCUT2D eigenvalue weighted by atomic mass is 9.96. The Morgan fingerprint density at radius 3 is 3.17 bits per heavy atom. The van der Waals surface area contributed by atoms with Crippen LogP contribution in [0.5, 0.6) is 0 Å². The van der Waals surface area contributed by atoms with E-state index in [2.05, 4.69) is 15.1 Å². The predicted octanol–water partition coefficient (Wildman–Crippen LogP) is 0.796. The molecule has 62 valence electrons. The monoisotopic (exact) mass is 163 g/mol. The van der Waals surface area contributed by atoms with E-state index in [1.54, 1.807) is 12.5 Å². The second kappa shape index (κ2) is 2.89. The van der Waals surface area contributed by atoms with Crippen molar-refractivity contribution < 1.29 is 5.21 Å². The molecule has 1 N–H and O–H groups in total. The number of hydrogen-bond acceptors (Lipinski definition) is 4. The third-order valence-electron chi connectivity index (χ3n) is 2.07. The maximum absolute atomic E-state index is 8.56. The number of oxime groups is 1. The van der Waals surface area contributed by atoms with Crippen molar-refractivity contribution in [2.75, 3.05) is 0 Å². The topological polar surface area (TPSA) is 58.4 Å². The van der Waals surface area contributed by atoms with E-state index in [4.69, 9.17) is 5.21 Å². The highest BCUT2D eigenvalue weighted by atomic mass is 16.4. The lowest BCUT2D eigenvalue weighted by Crippen LogP contribution is -2.15. The summed E-state index contributed by atoms with van der Waals surface area (Å²) in [5, 5.41) is 11.8. The molecule has 1 aromatic heterocycles. The summed E-state index contributed by atoms with van der Waals surface area (Å²) >= 11 is 0. The fraction of sp³-hybridized carbons (Fsp3) is 0.375. The third-order valence-corrected chi connectivity index (χ3v) is 2.07. The Morgan fingerprint density at radius 2 is 2.33 bits per heavy atom. The first-order valence-electron chi connectivity index (χ1n) is 3.87. The van der Waals surface area contributed by atoms with Crippen LogP contribution in [-0.2, 0) is 12.8 Å². The molecule has 1 heterocycles. The molecule has 0 radical (unpaired) electrons. The summed E-state index contributed by atoms with van der Waals surface area (Å²) in [5.41, 5.74) is 2.98. The summed E-state index contributed by atoms with van der Waals surface area (Å²) in [5.74, 6) is 0. The molecule has 0 unspecified atom stereocenters. The normalized spacial score (nSPS) is 19.2. The summed E-state index contributed by atoms with van der Waals surface area (Å²) in [4.78, 5) is 8.06. The van der Waals surface area contributed by atoms with Crippen LogP contribution < -0.4 is 0 Å². The van der Waals surface area contributed by atoms with Gasteiger partial charge >= 0.3 is 0 Å². The number of rotatable bonds is 0. The Balaban J connectivity index is 2.35. The molecule has 2 rings (SSSR count). The first kappa shape index (κ1) is 7.21. The number of aryl methyl sites for hydroxylation is 1. The van der Waals surface area contributed by atoms with E-state index in [1.165, 1.54) is 0 Å². The Hall–Kier alpha value is -1.45. The molecule has 1 aliphatic rings. The van der Waals surface area contributed by atoms with Crippen LogP contribution in [0.4, 0.5) is 0 Å². The van der Waals surface area contributed by atoms with Gasteiger partial charge in [-0.15, -0.1) is 0 Å². The number of aromatic nitrogens is 2. The zero-order valence-electron chi connectivity index (χ0n) is 6.56. The third kappa shape index (κ3) is 1.15. The highest BCUT2D eigenvalue weighted by Crippen LogP contribution is 2.15. The van der Waals surface area contributed by atoms with Crippen molar-refractivity contribution in [2.45, 2.75) is 19.3 Å². The molecule has 0 saturated carbocycles. The molecule has 12 heavy (non-hydrogen) atoms. The van der Waals surface area contributed by atoms with Crippen LogP contribution in [0.3, 0.4) is 0 Å². The molecule has 0 amide bonds. The van der Waals surface area contributed by atoms with Gasteiger partial charge in [0.15, 0.2) is 0 Å². The van der Waals surface area contributed by atoms with Crippen molar-refractivity contribution in [3.05, 3.63) is 23.8 Å². The van der Waals surface area contributed by atoms with Crippen LogP contribution in [0.1, 0.15) is 17.7 Å². The minimum absolute atomic E-state index is 0.687. The van der Waals surface area contributed by atoms with Crippen molar-refractivity contribution >= 4 is 5.71 Å². The molecule has 0 bridgehead atoms. The molecule has 1 aromatic rings. The minimum Gasteiger partial charge on any atom is -0.411 e. The summed E-state index contributed by atoms with van der Waals surface area (Å²) in [6, 6.07) is 0. The first-order valence-corrected chi connectivity index (χ1v) is 3.87. The zero-order valence-corrected chi connectivity index (χ0v) is 6.56. The van der Waals surface area contributed by atoms with Gasteiger partial charge < -0.3 is 5.21 Å². The van der Waals surface area contributed by atoms with E-state index in [-0.39, 0.29) is 0 Å².